The number of aromatic nitrogens is 3. The molecule has 0 radical (unpaired) electrons. The normalized spacial score (nSPS) is 17.0. The summed E-state index contributed by atoms with van der Waals surface area (Å²) in [6.45, 7) is 5.25. The molecule has 11 nitrogen and oxygen atoms in total. The van der Waals surface area contributed by atoms with Crippen molar-refractivity contribution in [2.24, 2.45) is 0 Å². The van der Waals surface area contributed by atoms with Crippen molar-refractivity contribution in [3.8, 4) is 0 Å². The molecule has 0 bridgehead atoms. The highest BCUT2D eigenvalue weighted by Gasteiger charge is 2.26. The number of sulfonamides is 1. The van der Waals surface area contributed by atoms with Crippen molar-refractivity contribution in [2.45, 2.75) is 30.8 Å². The molecule has 2 aromatic heterocycles. The van der Waals surface area contributed by atoms with Gasteiger partial charge in [0, 0.05) is 52.0 Å². The Morgan fingerprint density at radius 1 is 0.944 bits per heavy atom. The van der Waals surface area contributed by atoms with Gasteiger partial charge < -0.3 is 14.2 Å². The largest absolute Gasteiger partial charge is 0.415 e. The van der Waals surface area contributed by atoms with Crippen LogP contribution in [0.2, 0.25) is 0 Å². The number of hydrogen-bond donors (Lipinski definition) is 1. The van der Waals surface area contributed by atoms with Crippen LogP contribution in [0.25, 0.3) is 0 Å². The number of pyridine rings is 1. The first-order chi connectivity index (χ1) is 17.5. The van der Waals surface area contributed by atoms with E-state index in [0.29, 0.717) is 13.1 Å². The summed E-state index contributed by atoms with van der Waals surface area (Å²) in [5, 5.41) is 7.65. The second-order valence-electron chi connectivity index (χ2n) is 8.93. The minimum atomic E-state index is -3.71. The summed E-state index contributed by atoms with van der Waals surface area (Å²) in [6.07, 6.45) is 4.39. The highest BCUT2D eigenvalue weighted by atomic mass is 32.2. The first-order valence-corrected chi connectivity index (χ1v) is 13.5. The molecule has 1 N–H and O–H groups in total. The summed E-state index contributed by atoms with van der Waals surface area (Å²) in [5.41, 5.74) is 1.15. The Bertz CT molecular complexity index is 1270. The van der Waals surface area contributed by atoms with Gasteiger partial charge in [0.05, 0.1) is 11.4 Å². The molecular weight excluding hydrogens is 482 g/mol. The van der Waals surface area contributed by atoms with Gasteiger partial charge in [-0.1, -0.05) is 24.3 Å². The molecule has 1 aromatic carbocycles. The Labute approximate surface area is 210 Å². The predicted octanol–water partition coefficient (Wildman–Crippen LogP) is 1.50. The summed E-state index contributed by atoms with van der Waals surface area (Å²) < 4.78 is 32.5. The third kappa shape index (κ3) is 5.72. The minimum absolute atomic E-state index is 0.0290. The van der Waals surface area contributed by atoms with Gasteiger partial charge >= 0.3 is 11.8 Å². The summed E-state index contributed by atoms with van der Waals surface area (Å²) in [7, 11) is -3.71. The third-order valence-electron chi connectivity index (χ3n) is 6.42. The highest BCUT2D eigenvalue weighted by Crippen LogP contribution is 2.19. The number of hydrogen-bond acceptors (Lipinski definition) is 9. The number of rotatable bonds is 8. The van der Waals surface area contributed by atoms with E-state index in [1.807, 2.05) is 6.20 Å². The van der Waals surface area contributed by atoms with E-state index >= 15 is 0 Å². The molecular formula is C24H29N7O4S. The number of piperazine rings is 1. The van der Waals surface area contributed by atoms with E-state index in [-0.39, 0.29) is 29.1 Å². The van der Waals surface area contributed by atoms with E-state index in [2.05, 4.69) is 41.8 Å². The van der Waals surface area contributed by atoms with Gasteiger partial charge in [0.2, 0.25) is 15.9 Å². The van der Waals surface area contributed by atoms with E-state index in [9.17, 15) is 13.2 Å². The van der Waals surface area contributed by atoms with Gasteiger partial charge in [-0.3, -0.25) is 9.69 Å². The van der Waals surface area contributed by atoms with Crippen LogP contribution in [0.3, 0.4) is 0 Å². The summed E-state index contributed by atoms with van der Waals surface area (Å²) in [6, 6.07) is 12.2. The lowest BCUT2D eigenvalue weighted by atomic mass is 10.2. The van der Waals surface area contributed by atoms with E-state index in [0.717, 1.165) is 44.1 Å². The van der Waals surface area contributed by atoms with Gasteiger partial charge in [-0.25, -0.2) is 18.1 Å². The van der Waals surface area contributed by atoms with Gasteiger partial charge in [0.1, 0.15) is 5.82 Å². The van der Waals surface area contributed by atoms with Crippen molar-refractivity contribution in [3.63, 3.8) is 0 Å². The highest BCUT2D eigenvalue weighted by molar-refractivity contribution is 7.89. The molecule has 2 aliphatic heterocycles. The Morgan fingerprint density at radius 3 is 2.39 bits per heavy atom. The zero-order valence-electron chi connectivity index (χ0n) is 19.9. The van der Waals surface area contributed by atoms with Gasteiger partial charge in [-0.2, -0.15) is 0 Å². The van der Waals surface area contributed by atoms with Crippen LogP contribution in [-0.4, -0.2) is 78.6 Å². The molecule has 12 heteroatoms. The maximum atomic E-state index is 12.8. The summed E-state index contributed by atoms with van der Waals surface area (Å²) >= 11 is 0. The average molecular weight is 512 g/mol. The number of amides is 1. The molecule has 4 heterocycles. The summed E-state index contributed by atoms with van der Waals surface area (Å²) in [4.78, 5) is 23.9. The van der Waals surface area contributed by atoms with Gasteiger partial charge in [0.25, 0.3) is 0 Å². The fraction of sp³-hybridized carbons (Fsp3) is 0.417. The van der Waals surface area contributed by atoms with Crippen LogP contribution < -0.4 is 9.62 Å². The molecule has 2 aliphatic rings. The number of anilines is 1. The molecule has 1 amide bonds. The van der Waals surface area contributed by atoms with Crippen LogP contribution in [0.5, 0.6) is 0 Å². The zero-order chi connectivity index (χ0) is 25.0. The van der Waals surface area contributed by atoms with Gasteiger partial charge in [-0.05, 0) is 36.6 Å². The first kappa shape index (κ1) is 24.3. The van der Waals surface area contributed by atoms with E-state index in [1.165, 1.54) is 25.0 Å². The van der Waals surface area contributed by atoms with Gasteiger partial charge in [-0.15, -0.1) is 10.2 Å². The zero-order valence-corrected chi connectivity index (χ0v) is 20.7. The van der Waals surface area contributed by atoms with Crippen molar-refractivity contribution in [3.05, 3.63) is 66.0 Å². The van der Waals surface area contributed by atoms with Crippen molar-refractivity contribution in [2.75, 3.05) is 44.2 Å². The standard InChI is InChI=1S/C24H29N7O4S/c32-24(23-28-27-22(35-23)17-26-36(33,34)20-6-2-1-3-7-20)31-14-12-29(13-15-31)18-19-8-9-21(25-16-19)30-10-4-5-11-30/h1-3,6-9,16,26H,4-5,10-15,17-18H2. The smallest absolute Gasteiger partial charge is 0.311 e. The lowest BCUT2D eigenvalue weighted by molar-refractivity contribution is 0.0588. The second-order valence-corrected chi connectivity index (χ2v) is 10.7. The molecule has 5 rings (SSSR count). The molecule has 0 aliphatic carbocycles. The van der Waals surface area contributed by atoms with Crippen LogP contribution in [0.1, 0.15) is 35.0 Å². The molecule has 0 spiro atoms. The number of benzene rings is 1. The third-order valence-corrected chi connectivity index (χ3v) is 7.84. The molecule has 2 fully saturated rings. The number of nitrogens with zero attached hydrogens (tertiary/aromatic N) is 6. The maximum absolute atomic E-state index is 12.8. The Kier molecular flexibility index (Phi) is 7.25. The van der Waals surface area contributed by atoms with E-state index in [1.54, 1.807) is 23.1 Å². The minimum Gasteiger partial charge on any atom is -0.415 e. The van der Waals surface area contributed by atoms with Crippen LogP contribution >= 0.6 is 0 Å². The fourth-order valence-electron chi connectivity index (χ4n) is 4.40. The monoisotopic (exact) mass is 511 g/mol. The number of nitrogens with one attached hydrogen (secondary N) is 1. The Hall–Kier alpha value is -3.35. The SMILES string of the molecule is O=C(c1nnc(CNS(=O)(=O)c2ccccc2)o1)N1CCN(Cc2ccc(N3CCCC3)nc2)CC1. The van der Waals surface area contributed by atoms with E-state index in [4.69, 9.17) is 4.42 Å². The van der Waals surface area contributed by atoms with Crippen LogP contribution in [-0.2, 0) is 23.1 Å². The lowest BCUT2D eigenvalue weighted by Gasteiger charge is -2.34. The second kappa shape index (κ2) is 10.7. The average Bonchev–Trinajstić information content (AvgIpc) is 3.62. The molecule has 190 valence electrons. The Balaban J connectivity index is 1.10. The molecule has 0 atom stereocenters. The van der Waals surface area contributed by atoms with E-state index < -0.39 is 10.0 Å². The maximum Gasteiger partial charge on any atom is 0.311 e. The quantitative estimate of drug-likeness (QED) is 0.479. The lowest BCUT2D eigenvalue weighted by Crippen LogP contribution is -2.48. The number of carbonyl (C=O) groups excluding carboxylic acids is 1. The van der Waals surface area contributed by atoms with Crippen LogP contribution in [0, 0.1) is 0 Å². The fourth-order valence-corrected chi connectivity index (χ4v) is 5.39. The predicted molar refractivity (Wildman–Crippen MR) is 132 cm³/mol. The van der Waals surface area contributed by atoms with Gasteiger partial charge in [0.15, 0.2) is 0 Å². The van der Waals surface area contributed by atoms with Crippen molar-refractivity contribution in [1.82, 2.24) is 29.7 Å². The van der Waals surface area contributed by atoms with Crippen LogP contribution in [0.15, 0.2) is 58.0 Å². The van der Waals surface area contributed by atoms with Crippen molar-refractivity contribution >= 4 is 21.7 Å². The first-order valence-electron chi connectivity index (χ1n) is 12.1. The molecule has 3 aromatic rings. The Morgan fingerprint density at radius 2 is 1.69 bits per heavy atom. The van der Waals surface area contributed by atoms with Crippen molar-refractivity contribution in [1.29, 1.82) is 0 Å². The topological polar surface area (TPSA) is 125 Å². The van der Waals surface area contributed by atoms with Crippen molar-refractivity contribution < 1.29 is 17.6 Å². The molecule has 0 unspecified atom stereocenters. The molecule has 2 saturated heterocycles. The number of carbonyl (C=O) groups is 1. The molecule has 0 saturated carbocycles. The summed E-state index contributed by atoms with van der Waals surface area (Å²) in [5.74, 6) is 0.579. The van der Waals surface area contributed by atoms with Crippen LogP contribution in [0.4, 0.5) is 5.82 Å². The molecule has 36 heavy (non-hydrogen) atoms.